The molecule has 0 saturated heterocycles. The molecule has 0 spiro atoms. The van der Waals surface area contributed by atoms with Crippen LogP contribution in [0.3, 0.4) is 0 Å². The number of rotatable bonds is 4. The third-order valence-electron chi connectivity index (χ3n) is 4.53. The van der Waals surface area contributed by atoms with E-state index in [4.69, 9.17) is 9.63 Å². The van der Waals surface area contributed by atoms with Crippen molar-refractivity contribution in [3.05, 3.63) is 78.4 Å². The molecule has 1 unspecified atom stereocenters. The summed E-state index contributed by atoms with van der Waals surface area (Å²) in [6, 6.07) is 20.4. The van der Waals surface area contributed by atoms with Gasteiger partial charge in [0.1, 0.15) is 18.5 Å². The monoisotopic (exact) mass is 455 g/mol. The number of aromatic nitrogens is 1. The van der Waals surface area contributed by atoms with E-state index < -0.39 is 13.8 Å². The van der Waals surface area contributed by atoms with E-state index in [-0.39, 0.29) is 70.6 Å². The largest absolute Gasteiger partial charge is 1.00 e. The molecule has 10 heteroatoms. The van der Waals surface area contributed by atoms with Gasteiger partial charge in [-0.3, -0.25) is 4.57 Å². The number of carbonyl (C=O) groups is 1. The van der Waals surface area contributed by atoms with Gasteiger partial charge in [-0.05, 0) is 36.4 Å². The van der Waals surface area contributed by atoms with Gasteiger partial charge in [0.15, 0.2) is 0 Å². The number of benzene rings is 3. The van der Waals surface area contributed by atoms with Crippen LogP contribution in [0.5, 0.6) is 11.5 Å². The molecule has 0 aliphatic rings. The number of esters is 1. The van der Waals surface area contributed by atoms with E-state index in [9.17, 15) is 14.3 Å². The summed E-state index contributed by atoms with van der Waals surface area (Å²) in [4.78, 5) is 32.6. The molecule has 31 heavy (non-hydrogen) atoms. The van der Waals surface area contributed by atoms with Crippen molar-refractivity contribution in [2.75, 3.05) is 0 Å². The Morgan fingerprint density at radius 2 is 1.35 bits per heavy atom. The van der Waals surface area contributed by atoms with Gasteiger partial charge >= 0.3 is 43.3 Å². The molecule has 4 rings (SSSR count). The Labute approximate surface area is 222 Å². The minimum atomic E-state index is -4.90. The number of nitrogens with zero attached hydrogens (tertiary/aromatic N) is 1. The van der Waals surface area contributed by atoms with Crippen molar-refractivity contribution in [2.45, 2.75) is 0 Å². The van der Waals surface area contributed by atoms with Crippen molar-refractivity contribution in [3.63, 3.8) is 0 Å². The summed E-state index contributed by atoms with van der Waals surface area (Å²) >= 11 is 0. The Morgan fingerprint density at radius 3 is 1.84 bits per heavy atom. The van der Waals surface area contributed by atoms with Gasteiger partial charge in [0, 0.05) is 41.7 Å². The van der Waals surface area contributed by atoms with Crippen molar-refractivity contribution in [1.82, 2.24) is 0 Å². The number of phosphoric ester groups is 1. The van der Waals surface area contributed by atoms with E-state index in [0.29, 0.717) is 5.56 Å². The number of phosphoric acid groups is 1. The van der Waals surface area contributed by atoms with Crippen LogP contribution in [0.2, 0.25) is 0 Å². The van der Waals surface area contributed by atoms with Crippen LogP contribution >= 0.6 is 7.82 Å². The van der Waals surface area contributed by atoms with Gasteiger partial charge in [0.2, 0.25) is 11.0 Å². The summed E-state index contributed by atoms with van der Waals surface area (Å²) in [5.74, 6) is -0.418. The molecule has 0 bridgehead atoms. The van der Waals surface area contributed by atoms with Crippen LogP contribution in [-0.2, 0) is 11.6 Å². The van der Waals surface area contributed by atoms with E-state index >= 15 is 0 Å². The topological polar surface area (TPSA) is 99.8 Å². The predicted molar refractivity (Wildman–Crippen MR) is 110 cm³/mol. The van der Waals surface area contributed by atoms with Gasteiger partial charge in [0.25, 0.3) is 0 Å². The molecule has 0 amide bonds. The average Bonchev–Trinajstić information content (AvgIpc) is 2.69. The third kappa shape index (κ3) is 5.76. The van der Waals surface area contributed by atoms with Gasteiger partial charge < -0.3 is 19.0 Å². The quantitative estimate of drug-likeness (QED) is 0.111. The second kappa shape index (κ2) is 10.6. The van der Waals surface area contributed by atoms with E-state index in [1.807, 2.05) is 60.1 Å². The Kier molecular flexibility index (Phi) is 8.87. The molecule has 3 aromatic carbocycles. The number of aryl methyl sites for hydroxylation is 1. The van der Waals surface area contributed by atoms with Crippen LogP contribution in [0.25, 0.3) is 21.8 Å². The fraction of sp³-hybridized carbons (Fsp3) is 0.0476. The Morgan fingerprint density at radius 1 is 0.903 bits per heavy atom. The standard InChI is InChI=1S/C21H16NO6P.2Na/c1-22-18-8-4-2-6-16(18)20(17-7-3-5-9-19(17)22)21(23)27-14-10-12-15(13-11-14)28-29(24,25)26;;/h2-13H,1H3,(H-,24,25,26);;/q;;+1. The minimum absolute atomic E-state index is 0. The maximum Gasteiger partial charge on any atom is 1.00 e. The summed E-state index contributed by atoms with van der Waals surface area (Å²) in [7, 11) is -2.96. The van der Waals surface area contributed by atoms with Gasteiger partial charge in [-0.1, -0.05) is 24.3 Å². The molecule has 0 fully saturated rings. The number of hydrogen-bond acceptors (Lipinski definition) is 5. The average molecular weight is 455 g/mol. The van der Waals surface area contributed by atoms with E-state index in [0.717, 1.165) is 21.8 Å². The van der Waals surface area contributed by atoms with Gasteiger partial charge in [0.05, 0.1) is 16.3 Å². The first-order chi connectivity index (χ1) is 13.8. The predicted octanol–water partition coefficient (Wildman–Crippen LogP) is -0.501. The summed E-state index contributed by atoms with van der Waals surface area (Å²) in [5.41, 5.74) is 2.21. The fourth-order valence-electron chi connectivity index (χ4n) is 3.31. The maximum atomic E-state index is 13.1. The van der Waals surface area contributed by atoms with Gasteiger partial charge in [-0.2, -0.15) is 4.57 Å². The van der Waals surface area contributed by atoms with Crippen molar-refractivity contribution in [2.24, 2.45) is 7.05 Å². The number of pyridine rings is 1. The van der Waals surface area contributed by atoms with Crippen LogP contribution in [0, 0.1) is 0 Å². The molecule has 0 aliphatic heterocycles. The molecule has 4 aromatic rings. The second-order valence-electron chi connectivity index (χ2n) is 6.39. The molecule has 7 nitrogen and oxygen atoms in total. The Bertz CT molecular complexity index is 1230. The van der Waals surface area contributed by atoms with E-state index in [1.54, 1.807) is 0 Å². The maximum absolute atomic E-state index is 13.1. The minimum Gasteiger partial charge on any atom is -0.746 e. The van der Waals surface area contributed by atoms with Crippen molar-refractivity contribution in [1.29, 1.82) is 0 Å². The molecular formula is C21H16NNa2O6P+. The third-order valence-corrected chi connectivity index (χ3v) is 4.97. The first-order valence-electron chi connectivity index (χ1n) is 8.68. The number of hydrogen-bond donors (Lipinski definition) is 1. The number of fused-ring (bicyclic) bond motifs is 2. The summed E-state index contributed by atoms with van der Waals surface area (Å²) in [5, 5.41) is 1.51. The first-order valence-corrected chi connectivity index (χ1v) is 10.2. The molecule has 1 atom stereocenters. The molecule has 1 radical (unpaired) electrons. The van der Waals surface area contributed by atoms with Gasteiger partial charge in [-0.15, -0.1) is 0 Å². The smallest absolute Gasteiger partial charge is 0.746 e. The van der Waals surface area contributed by atoms with Crippen LogP contribution in [-0.4, -0.2) is 40.4 Å². The Balaban J connectivity index is 0.00000171. The Hall–Kier alpha value is -1.25. The molecule has 1 heterocycles. The second-order valence-corrected chi connectivity index (χ2v) is 7.51. The fourth-order valence-corrected chi connectivity index (χ4v) is 3.70. The van der Waals surface area contributed by atoms with Crippen molar-refractivity contribution < 1.29 is 62.5 Å². The number of para-hydroxylation sites is 2. The van der Waals surface area contributed by atoms with E-state index in [1.165, 1.54) is 24.3 Å². The van der Waals surface area contributed by atoms with Crippen LogP contribution in [0.4, 0.5) is 0 Å². The molecule has 147 valence electrons. The zero-order valence-corrected chi connectivity index (χ0v) is 22.2. The molecule has 0 aliphatic carbocycles. The van der Waals surface area contributed by atoms with Crippen LogP contribution < -0.4 is 48.3 Å². The molecule has 1 aromatic heterocycles. The van der Waals surface area contributed by atoms with E-state index in [2.05, 4.69) is 4.52 Å². The zero-order valence-electron chi connectivity index (χ0n) is 17.3. The van der Waals surface area contributed by atoms with Crippen molar-refractivity contribution >= 4 is 65.2 Å². The SMILES string of the molecule is C[n+]1c2ccccc2c(C(=O)Oc2ccc(OP(=O)([O-])O)cc2)c2ccccc21.[Na+].[Na]. The van der Waals surface area contributed by atoms with Crippen LogP contribution in [0.1, 0.15) is 10.4 Å². The molecule has 0 saturated carbocycles. The van der Waals surface area contributed by atoms with Crippen LogP contribution in [0.15, 0.2) is 72.8 Å². The summed E-state index contributed by atoms with van der Waals surface area (Å²) in [6.07, 6.45) is 0. The van der Waals surface area contributed by atoms with Crippen molar-refractivity contribution in [3.8, 4) is 11.5 Å². The first kappa shape index (κ1) is 26.0. The van der Waals surface area contributed by atoms with Gasteiger partial charge in [-0.25, -0.2) is 4.79 Å². The number of carbonyl (C=O) groups excluding carboxylic acids is 1. The molecule has 1 N–H and O–H groups in total. The normalized spacial score (nSPS) is 12.4. The number of ether oxygens (including phenoxy) is 1. The summed E-state index contributed by atoms with van der Waals surface area (Å²) < 4.78 is 22.7. The zero-order chi connectivity index (χ0) is 20.6. The summed E-state index contributed by atoms with van der Waals surface area (Å²) in [6.45, 7) is 0. The molecular weight excluding hydrogens is 439 g/mol.